The van der Waals surface area contributed by atoms with Crippen LogP contribution in [0.3, 0.4) is 0 Å². The lowest BCUT2D eigenvalue weighted by Crippen LogP contribution is -2.44. The second kappa shape index (κ2) is 5.13. The van der Waals surface area contributed by atoms with Gasteiger partial charge in [-0.2, -0.15) is 0 Å². The van der Waals surface area contributed by atoms with Crippen molar-refractivity contribution < 1.29 is 0 Å². The predicted molar refractivity (Wildman–Crippen MR) is 62.3 cm³/mol. The molecule has 0 spiro atoms. The normalized spacial score (nSPS) is 26.1. The average Bonchev–Trinajstić information content (AvgIpc) is 2.14. The van der Waals surface area contributed by atoms with Crippen molar-refractivity contribution in [3.63, 3.8) is 0 Å². The first-order valence-corrected chi connectivity index (χ1v) is 5.96. The minimum atomic E-state index is 0.406. The van der Waals surface area contributed by atoms with Gasteiger partial charge in [0.15, 0.2) is 0 Å². The minimum absolute atomic E-state index is 0.406. The van der Waals surface area contributed by atoms with Gasteiger partial charge in [0.2, 0.25) is 0 Å². The fourth-order valence-corrected chi connectivity index (χ4v) is 2.46. The van der Waals surface area contributed by atoms with Crippen LogP contribution in [0.25, 0.3) is 0 Å². The summed E-state index contributed by atoms with van der Waals surface area (Å²) in [6.45, 7) is 8.93. The van der Waals surface area contributed by atoms with Gasteiger partial charge in [0.1, 0.15) is 0 Å². The van der Waals surface area contributed by atoms with E-state index in [1.807, 2.05) is 0 Å². The van der Waals surface area contributed by atoms with Crippen LogP contribution in [0.5, 0.6) is 0 Å². The molecule has 1 aliphatic heterocycles. The van der Waals surface area contributed by atoms with Gasteiger partial charge in [-0.05, 0) is 43.7 Å². The Kier molecular flexibility index (Phi) is 4.39. The van der Waals surface area contributed by atoms with Gasteiger partial charge < -0.3 is 11.1 Å². The zero-order chi connectivity index (χ0) is 10.6. The van der Waals surface area contributed by atoms with Gasteiger partial charge >= 0.3 is 0 Å². The molecule has 0 aromatic rings. The Bertz CT molecular complexity index is 154. The molecule has 1 rings (SSSR count). The maximum atomic E-state index is 5.87. The summed E-state index contributed by atoms with van der Waals surface area (Å²) in [5.74, 6) is 0.662. The molecule has 0 radical (unpaired) electrons. The molecule has 1 heterocycles. The average molecular weight is 198 g/mol. The molecule has 2 atom stereocenters. The van der Waals surface area contributed by atoms with Crippen LogP contribution in [-0.4, -0.2) is 19.1 Å². The molecule has 1 saturated heterocycles. The molecule has 2 nitrogen and oxygen atoms in total. The van der Waals surface area contributed by atoms with Crippen molar-refractivity contribution in [1.82, 2.24) is 5.32 Å². The van der Waals surface area contributed by atoms with Crippen LogP contribution in [0.1, 0.15) is 46.5 Å². The van der Waals surface area contributed by atoms with Crippen molar-refractivity contribution in [3.8, 4) is 0 Å². The van der Waals surface area contributed by atoms with E-state index in [2.05, 4.69) is 26.1 Å². The van der Waals surface area contributed by atoms with Gasteiger partial charge in [0, 0.05) is 6.04 Å². The maximum absolute atomic E-state index is 5.87. The molecule has 2 heteroatoms. The van der Waals surface area contributed by atoms with E-state index in [9.17, 15) is 0 Å². The largest absolute Gasteiger partial charge is 0.330 e. The van der Waals surface area contributed by atoms with E-state index in [1.54, 1.807) is 0 Å². The molecule has 84 valence electrons. The van der Waals surface area contributed by atoms with Gasteiger partial charge in [-0.15, -0.1) is 0 Å². The molecule has 0 aromatic carbocycles. The third-order valence-electron chi connectivity index (χ3n) is 3.09. The van der Waals surface area contributed by atoms with Crippen molar-refractivity contribution in [2.45, 2.75) is 52.5 Å². The fraction of sp³-hybridized carbons (Fsp3) is 1.00. The summed E-state index contributed by atoms with van der Waals surface area (Å²) in [7, 11) is 0. The van der Waals surface area contributed by atoms with Gasteiger partial charge in [-0.25, -0.2) is 0 Å². The Morgan fingerprint density at radius 1 is 1.36 bits per heavy atom. The quantitative estimate of drug-likeness (QED) is 0.729. The predicted octanol–water partition coefficient (Wildman–Crippen LogP) is 2.14. The molecule has 14 heavy (non-hydrogen) atoms. The molecule has 1 aliphatic rings. The SMILES string of the molecule is CC(C)(C)C[C@H](CN)[C@H]1CCCCN1. The number of piperidine rings is 1. The molecule has 3 N–H and O–H groups in total. The Balaban J connectivity index is 2.43. The molecule has 0 unspecified atom stereocenters. The van der Waals surface area contributed by atoms with Crippen LogP contribution in [0.2, 0.25) is 0 Å². The van der Waals surface area contributed by atoms with Gasteiger partial charge in [0.25, 0.3) is 0 Å². The lowest BCUT2D eigenvalue weighted by atomic mass is 9.79. The standard InChI is InChI=1S/C12H26N2/c1-12(2,3)8-10(9-13)11-6-4-5-7-14-11/h10-11,14H,4-9,13H2,1-3H3/t10-,11-/m1/s1. The smallest absolute Gasteiger partial charge is 0.0108 e. The van der Waals surface area contributed by atoms with Crippen LogP contribution in [0, 0.1) is 11.3 Å². The third-order valence-corrected chi connectivity index (χ3v) is 3.09. The highest BCUT2D eigenvalue weighted by Crippen LogP contribution is 2.28. The lowest BCUT2D eigenvalue weighted by Gasteiger charge is -2.34. The number of nitrogens with one attached hydrogen (secondary N) is 1. The second-order valence-corrected chi connectivity index (χ2v) is 5.82. The summed E-state index contributed by atoms with van der Waals surface area (Å²) in [5, 5.41) is 3.61. The van der Waals surface area contributed by atoms with E-state index in [1.165, 1.54) is 32.2 Å². The summed E-state index contributed by atoms with van der Waals surface area (Å²) in [6.07, 6.45) is 5.26. The zero-order valence-electron chi connectivity index (χ0n) is 9.97. The summed E-state index contributed by atoms with van der Waals surface area (Å²) < 4.78 is 0. The first-order chi connectivity index (χ1) is 6.53. The van der Waals surface area contributed by atoms with E-state index in [0.29, 0.717) is 17.4 Å². The van der Waals surface area contributed by atoms with Gasteiger partial charge in [-0.3, -0.25) is 0 Å². The van der Waals surface area contributed by atoms with Crippen LogP contribution in [-0.2, 0) is 0 Å². The van der Waals surface area contributed by atoms with Crippen molar-refractivity contribution in [2.24, 2.45) is 17.1 Å². The number of hydrogen-bond acceptors (Lipinski definition) is 2. The highest BCUT2D eigenvalue weighted by Gasteiger charge is 2.26. The Hall–Kier alpha value is -0.0800. The topological polar surface area (TPSA) is 38.0 Å². The Labute approximate surface area is 88.6 Å². The number of hydrogen-bond donors (Lipinski definition) is 2. The van der Waals surface area contributed by atoms with Crippen molar-refractivity contribution in [3.05, 3.63) is 0 Å². The summed E-state index contributed by atoms with van der Waals surface area (Å²) in [4.78, 5) is 0. The molecular formula is C12H26N2. The van der Waals surface area contributed by atoms with E-state index < -0.39 is 0 Å². The minimum Gasteiger partial charge on any atom is -0.330 e. The van der Waals surface area contributed by atoms with Gasteiger partial charge in [-0.1, -0.05) is 27.2 Å². The molecule has 1 fully saturated rings. The Morgan fingerprint density at radius 2 is 2.07 bits per heavy atom. The van der Waals surface area contributed by atoms with Gasteiger partial charge in [0.05, 0.1) is 0 Å². The molecule has 0 amide bonds. The molecule has 0 aromatic heterocycles. The Morgan fingerprint density at radius 3 is 2.50 bits per heavy atom. The van der Waals surface area contributed by atoms with Crippen LogP contribution in [0.4, 0.5) is 0 Å². The molecule has 0 aliphatic carbocycles. The first kappa shape index (κ1) is 12.0. The van der Waals surface area contributed by atoms with E-state index in [0.717, 1.165) is 6.54 Å². The highest BCUT2D eigenvalue weighted by atomic mass is 14.9. The summed E-state index contributed by atoms with van der Waals surface area (Å²) >= 11 is 0. The monoisotopic (exact) mass is 198 g/mol. The van der Waals surface area contributed by atoms with Crippen molar-refractivity contribution in [1.29, 1.82) is 0 Å². The first-order valence-electron chi connectivity index (χ1n) is 5.96. The number of nitrogens with two attached hydrogens (primary N) is 1. The third kappa shape index (κ3) is 3.97. The van der Waals surface area contributed by atoms with Crippen LogP contribution < -0.4 is 11.1 Å². The summed E-state index contributed by atoms with van der Waals surface area (Å²) in [5.41, 5.74) is 6.28. The summed E-state index contributed by atoms with van der Waals surface area (Å²) in [6, 6.07) is 0.674. The van der Waals surface area contributed by atoms with Crippen molar-refractivity contribution in [2.75, 3.05) is 13.1 Å². The highest BCUT2D eigenvalue weighted by molar-refractivity contribution is 4.83. The molecule has 0 saturated carbocycles. The molecular weight excluding hydrogens is 172 g/mol. The zero-order valence-corrected chi connectivity index (χ0v) is 9.97. The lowest BCUT2D eigenvalue weighted by molar-refractivity contribution is 0.219. The van der Waals surface area contributed by atoms with Crippen LogP contribution >= 0.6 is 0 Å². The fourth-order valence-electron chi connectivity index (χ4n) is 2.46. The van der Waals surface area contributed by atoms with Crippen molar-refractivity contribution >= 4 is 0 Å². The second-order valence-electron chi connectivity index (χ2n) is 5.82. The van der Waals surface area contributed by atoms with Crippen LogP contribution in [0.15, 0.2) is 0 Å². The maximum Gasteiger partial charge on any atom is 0.0108 e. The van der Waals surface area contributed by atoms with E-state index in [-0.39, 0.29) is 0 Å². The van der Waals surface area contributed by atoms with E-state index in [4.69, 9.17) is 5.73 Å². The van der Waals surface area contributed by atoms with E-state index >= 15 is 0 Å². The molecule has 0 bridgehead atoms. The number of rotatable bonds is 3.